The van der Waals surface area contributed by atoms with Gasteiger partial charge in [0, 0.05) is 71.4 Å². The van der Waals surface area contributed by atoms with E-state index in [1.807, 2.05) is 130 Å². The molecule has 0 N–H and O–H groups in total. The first-order chi connectivity index (χ1) is 50.8. The largest absolute Gasteiger partial charge is 3.00 e. The van der Waals surface area contributed by atoms with Crippen LogP contribution in [0.1, 0.15) is 28.3 Å². The van der Waals surface area contributed by atoms with Crippen LogP contribution in [0.25, 0.3) is 114 Å². The molecule has 0 bridgehead atoms. The summed E-state index contributed by atoms with van der Waals surface area (Å²) in [5.41, 5.74) is 10.8. The topological polar surface area (TPSA) is 400 Å². The minimum atomic E-state index is -4.65. The van der Waals surface area contributed by atoms with Gasteiger partial charge in [-0.15, -0.1) is 0 Å². The predicted octanol–water partition coefficient (Wildman–Crippen LogP) is 5.77. The van der Waals surface area contributed by atoms with Crippen LogP contribution in [0.3, 0.4) is 0 Å². The third-order valence-corrected chi connectivity index (χ3v) is 15.1. The molecular weight excluding hydrogens is 1580 g/mol. The molecule has 0 atom stereocenters. The summed E-state index contributed by atoms with van der Waals surface area (Å²) >= 11 is 0. The predicted molar refractivity (Wildman–Crippen MR) is 390 cm³/mol. The number of rotatable bonds is 8. The third kappa shape index (κ3) is 18.1. The van der Waals surface area contributed by atoms with Crippen LogP contribution in [0.15, 0.2) is 219 Å². The van der Waals surface area contributed by atoms with Gasteiger partial charge in [-0.1, -0.05) is 109 Å². The molecule has 0 spiro atoms. The van der Waals surface area contributed by atoms with Crippen molar-refractivity contribution in [3.63, 3.8) is 0 Å². The summed E-state index contributed by atoms with van der Waals surface area (Å²) in [5.74, 6) is 1.27. The van der Waals surface area contributed by atoms with Gasteiger partial charge in [0.05, 0.1) is 59.0 Å². The third-order valence-electron chi connectivity index (χ3n) is 15.1. The molecule has 31 nitrogen and oxygen atoms in total. The van der Waals surface area contributed by atoms with Gasteiger partial charge in [0.15, 0.2) is 63.1 Å². The van der Waals surface area contributed by atoms with Crippen molar-refractivity contribution < 1.29 is 38.7 Å². The zero-order chi connectivity index (χ0) is 72.9. The van der Waals surface area contributed by atoms with Crippen molar-refractivity contribution in [2.24, 2.45) is 0 Å². The molecule has 39 heteroatoms. The average molecular weight is 1630 g/mol. The van der Waals surface area contributed by atoms with E-state index in [1.165, 1.54) is 24.3 Å². The Hall–Kier alpha value is -12.7. The Bertz CT molecular complexity index is 6140. The first kappa shape index (κ1) is 81.3. The number of fused-ring (bicyclic) bond motifs is 5. The molecule has 0 saturated carbocycles. The van der Waals surface area contributed by atoms with Crippen LogP contribution >= 0.6 is 0 Å². The van der Waals surface area contributed by atoms with Crippen molar-refractivity contribution in [1.82, 2.24) is 128 Å². The van der Waals surface area contributed by atoms with Crippen molar-refractivity contribution >= 4 is 108 Å². The number of hydrogen-bond donors (Lipinski definition) is 0. The van der Waals surface area contributed by atoms with E-state index in [2.05, 4.69) is 100 Å². The molecule has 15 heterocycles. The quantitative estimate of drug-likeness (QED) is 0.163. The van der Waals surface area contributed by atoms with Gasteiger partial charge in [0.25, 0.3) is 0 Å². The Morgan fingerprint density at radius 2 is 0.709 bits per heavy atom. The number of hydrogen-bond acceptors (Lipinski definition) is 25. The SMILES string of the molecule is Cc1cc(C)n(-c2cnn3c([O-])nc(-c4ccccc4)nc23)n1.Cc1cc2nc(-c3ccccn3)nc([O-])n2n1.Cc1cccc(-c2cc3nc(-c4ccccn4)nc([O-])n3n2)c1.[Be+2].[Be+2].[Ga+3].[Ga+3].[Ga+3].[O-]c1nc(-c2ccccn2)nc2cc(-c3ccccc3)nn12.[O-]c1nc(-c2ccccn2)nc2cc(C(F)(F)F)nn12. The molecule has 18 rings (SSSR count). The number of alkyl halides is 3. The van der Waals surface area contributed by atoms with Gasteiger partial charge in [-0.25, -0.2) is 77.1 Å². The Morgan fingerprint density at radius 3 is 1.14 bits per heavy atom. The first-order valence-corrected chi connectivity index (χ1v) is 31.5. The monoisotopic (exact) mass is 1630 g/mol. The molecule has 0 aliphatic carbocycles. The van der Waals surface area contributed by atoms with Crippen LogP contribution in [-0.4, -0.2) is 207 Å². The van der Waals surface area contributed by atoms with E-state index >= 15 is 0 Å². The Morgan fingerprint density at radius 1 is 0.327 bits per heavy atom. The second-order valence-electron chi connectivity index (χ2n) is 22.7. The average Bonchev–Trinajstić information content (AvgIpc) is 1.64. The van der Waals surface area contributed by atoms with Gasteiger partial charge < -0.3 is 25.5 Å². The summed E-state index contributed by atoms with van der Waals surface area (Å²) in [6, 6.07) is 53.1. The van der Waals surface area contributed by atoms with Gasteiger partial charge in [-0.2, -0.15) is 43.8 Å². The van der Waals surface area contributed by atoms with Crippen LogP contribution < -0.4 is 25.5 Å². The fourth-order valence-corrected chi connectivity index (χ4v) is 10.4. The number of benzene rings is 3. The smallest absolute Gasteiger partial charge is 0.844 e. The maximum Gasteiger partial charge on any atom is 3.00 e. The van der Waals surface area contributed by atoms with Crippen LogP contribution in [0.4, 0.5) is 13.2 Å². The molecular formula is C71H48Be2F3Ga3N26O5+8. The molecule has 0 fully saturated rings. The molecule has 0 amide bonds. The summed E-state index contributed by atoms with van der Waals surface area (Å²) in [4.78, 5) is 57.2. The van der Waals surface area contributed by atoms with Crippen molar-refractivity contribution in [3.8, 4) is 116 Å². The molecule has 518 valence electrons. The summed E-state index contributed by atoms with van der Waals surface area (Å²) in [7, 11) is 0. The summed E-state index contributed by atoms with van der Waals surface area (Å²) in [6.07, 6.45) is 3.31. The molecule has 18 aromatic rings. The number of aromatic nitrogens is 26. The van der Waals surface area contributed by atoms with Crippen LogP contribution in [0.2, 0.25) is 0 Å². The molecule has 3 aromatic carbocycles. The van der Waals surface area contributed by atoms with E-state index in [-0.39, 0.29) is 91.1 Å². The fraction of sp³-hybridized carbons (Fsp3) is 0.0704. The van der Waals surface area contributed by atoms with Crippen molar-refractivity contribution in [1.29, 1.82) is 0 Å². The fourth-order valence-electron chi connectivity index (χ4n) is 10.4. The zero-order valence-corrected chi connectivity index (χ0v) is 65.5. The Balaban J connectivity index is 0.000000157. The number of aryl methyl sites for hydroxylation is 4. The Kier molecular flexibility index (Phi) is 26.1. The van der Waals surface area contributed by atoms with Crippen molar-refractivity contribution in [2.45, 2.75) is 33.9 Å². The Labute approximate surface area is 666 Å². The van der Waals surface area contributed by atoms with E-state index in [0.29, 0.717) is 96.3 Å². The van der Waals surface area contributed by atoms with Gasteiger partial charge in [-0.05, 0) is 88.4 Å². The molecule has 110 heavy (non-hydrogen) atoms. The number of pyridine rings is 4. The normalized spacial score (nSPS) is 10.7. The molecule has 0 saturated heterocycles. The summed E-state index contributed by atoms with van der Waals surface area (Å²) in [5, 5.41) is 84.2. The van der Waals surface area contributed by atoms with Crippen LogP contribution in [0, 0.1) is 27.7 Å². The van der Waals surface area contributed by atoms with E-state index < -0.39 is 41.9 Å². The second kappa shape index (κ2) is 35.3. The summed E-state index contributed by atoms with van der Waals surface area (Å²) in [6.45, 7) is 7.67. The van der Waals surface area contributed by atoms with E-state index in [1.54, 1.807) is 109 Å². The molecule has 15 aromatic heterocycles. The van der Waals surface area contributed by atoms with E-state index in [0.717, 1.165) is 39.3 Å². The zero-order valence-electron chi connectivity index (χ0n) is 58.2. The van der Waals surface area contributed by atoms with E-state index in [4.69, 9.17) is 0 Å². The van der Waals surface area contributed by atoms with Gasteiger partial charge >= 0.3 is 85.8 Å². The van der Waals surface area contributed by atoms with Crippen LogP contribution in [-0.2, 0) is 6.18 Å². The second-order valence-corrected chi connectivity index (χ2v) is 22.7. The minimum Gasteiger partial charge on any atom is -0.844 e. The number of nitrogens with zero attached hydrogens (tertiary/aromatic N) is 26. The van der Waals surface area contributed by atoms with Gasteiger partial charge in [0.1, 0.15) is 28.5 Å². The van der Waals surface area contributed by atoms with Crippen molar-refractivity contribution in [3.05, 3.63) is 247 Å². The molecule has 0 aliphatic heterocycles. The molecule has 0 aliphatic rings. The maximum absolute atomic E-state index is 12.5. The minimum absolute atomic E-state index is 0. The van der Waals surface area contributed by atoms with Crippen molar-refractivity contribution in [2.75, 3.05) is 0 Å². The molecule has 0 radical (unpaired) electrons. The standard InChI is InChI=1S/C17H13N5O.C16H14N6O.C16H11N5O.C11H6F3N5O.C11H9N5O.2Be.3Ga/c1-11-5-4-6-12(9-11)14-10-15-19-16(13-7-2-3-8-18-13)20-17(23)22(15)21-14;1-10-8-11(2)21(20-10)13-9-17-22-15(13)18-14(19-16(22)23)12-6-4-3-5-7-12;22-16-19-15(12-8-4-5-9-17-12)18-14-10-13(20-21(14)16)11-6-2-1-3-7-11;12-11(13,14)7-5-8-16-9(6-3-1-2-4-15-6)17-10(20)19(8)18-7;1-7-6-9-13-10(8-4-2-3-5-12-8)14-11(17)16(9)15-7;;;;;/h2-10H,1H3,(H,19,20,23);3-9H,1-2H3,(H,18,19,23);1-10H,(H,18,19,22);1-5H,(H,16,17,20);2-6H,1H3,(H,13,14,17);;;;;/q;;;;;2*+2;3*+3/p-5. The van der Waals surface area contributed by atoms with E-state index in [9.17, 15) is 38.7 Å². The molecule has 0 unspecified atom stereocenters. The van der Waals surface area contributed by atoms with Gasteiger partial charge in [-0.3, -0.25) is 19.9 Å². The van der Waals surface area contributed by atoms with Gasteiger partial charge in [0.2, 0.25) is 0 Å². The maximum atomic E-state index is 12.5. The van der Waals surface area contributed by atoms with Crippen LogP contribution in [0.5, 0.6) is 30.1 Å². The first-order valence-electron chi connectivity index (χ1n) is 31.5. The number of halogens is 3. The summed E-state index contributed by atoms with van der Waals surface area (Å²) < 4.78 is 44.7.